The van der Waals surface area contributed by atoms with E-state index >= 15 is 0 Å². The minimum Gasteiger partial charge on any atom is -0.497 e. The van der Waals surface area contributed by atoms with Crippen LogP contribution in [-0.4, -0.2) is 33.8 Å². The highest BCUT2D eigenvalue weighted by molar-refractivity contribution is 7.89. The van der Waals surface area contributed by atoms with Crippen molar-refractivity contribution in [1.82, 2.24) is 10.0 Å². The molecule has 0 atom stereocenters. The zero-order chi connectivity index (χ0) is 23.8. The van der Waals surface area contributed by atoms with E-state index in [1.54, 1.807) is 31.4 Å². The number of carbonyl (C=O) groups is 2. The highest BCUT2D eigenvalue weighted by atomic mass is 32.2. The number of methoxy groups -OCH3 is 1. The molecule has 2 N–H and O–H groups in total. The standard InChI is InChI=1S/C25H26N2O5S/c1-18(28)21-9-13-24(14-10-21)33(30,31)27-17-20-3-7-22(8-4-20)25(29)26-16-15-19-5-11-23(32-2)12-6-19/h3-14,27H,15-17H2,1-2H3,(H,26,29). The SMILES string of the molecule is COc1ccc(CCNC(=O)c2ccc(CNS(=O)(=O)c3ccc(C(C)=O)cc3)cc2)cc1. The van der Waals surface area contributed by atoms with Crippen LogP contribution in [-0.2, 0) is 23.0 Å². The minimum atomic E-state index is -3.72. The van der Waals surface area contributed by atoms with Crippen LogP contribution in [0.2, 0.25) is 0 Å². The van der Waals surface area contributed by atoms with Crippen LogP contribution in [0, 0.1) is 0 Å². The van der Waals surface area contributed by atoms with Gasteiger partial charge < -0.3 is 10.1 Å². The van der Waals surface area contributed by atoms with E-state index in [1.807, 2.05) is 24.3 Å². The number of carbonyl (C=O) groups excluding carboxylic acids is 2. The van der Waals surface area contributed by atoms with Gasteiger partial charge in [0.1, 0.15) is 5.75 Å². The monoisotopic (exact) mass is 466 g/mol. The van der Waals surface area contributed by atoms with Crippen molar-refractivity contribution >= 4 is 21.7 Å². The second-order valence-electron chi connectivity index (χ2n) is 7.46. The van der Waals surface area contributed by atoms with Crippen molar-refractivity contribution in [2.45, 2.75) is 24.8 Å². The molecule has 1 amide bonds. The first-order chi connectivity index (χ1) is 15.8. The summed E-state index contributed by atoms with van der Waals surface area (Å²) in [6.45, 7) is 2.00. The van der Waals surface area contributed by atoms with Gasteiger partial charge in [-0.2, -0.15) is 0 Å². The maximum absolute atomic E-state index is 12.5. The Hall–Kier alpha value is -3.49. The molecule has 0 heterocycles. The van der Waals surface area contributed by atoms with Gasteiger partial charge in [0.05, 0.1) is 12.0 Å². The second-order valence-corrected chi connectivity index (χ2v) is 9.22. The average molecular weight is 467 g/mol. The zero-order valence-electron chi connectivity index (χ0n) is 18.5. The molecule has 0 aliphatic carbocycles. The predicted molar refractivity (Wildman–Crippen MR) is 126 cm³/mol. The summed E-state index contributed by atoms with van der Waals surface area (Å²) in [6, 6.07) is 20.2. The molecule has 3 aromatic carbocycles. The number of ether oxygens (including phenoxy) is 1. The van der Waals surface area contributed by atoms with Gasteiger partial charge in [-0.15, -0.1) is 0 Å². The number of hydrogen-bond acceptors (Lipinski definition) is 5. The molecule has 0 aliphatic heterocycles. The second kappa shape index (κ2) is 10.9. The smallest absolute Gasteiger partial charge is 0.251 e. The molecule has 0 saturated heterocycles. The fraction of sp³-hybridized carbons (Fsp3) is 0.200. The van der Waals surface area contributed by atoms with E-state index in [0.717, 1.165) is 11.3 Å². The van der Waals surface area contributed by atoms with Crippen LogP contribution >= 0.6 is 0 Å². The Morgan fingerprint density at radius 3 is 1.97 bits per heavy atom. The molecule has 0 aromatic heterocycles. The maximum Gasteiger partial charge on any atom is 0.251 e. The fourth-order valence-electron chi connectivity index (χ4n) is 3.12. The van der Waals surface area contributed by atoms with Crippen LogP contribution in [0.15, 0.2) is 77.7 Å². The average Bonchev–Trinajstić information content (AvgIpc) is 2.83. The van der Waals surface area contributed by atoms with Gasteiger partial charge in [-0.05, 0) is 60.9 Å². The van der Waals surface area contributed by atoms with Gasteiger partial charge in [-0.25, -0.2) is 13.1 Å². The van der Waals surface area contributed by atoms with Crippen molar-refractivity contribution in [1.29, 1.82) is 0 Å². The molecule has 33 heavy (non-hydrogen) atoms. The van der Waals surface area contributed by atoms with Crippen LogP contribution in [0.4, 0.5) is 0 Å². The maximum atomic E-state index is 12.5. The Morgan fingerprint density at radius 1 is 0.818 bits per heavy atom. The molecule has 3 rings (SSSR count). The summed E-state index contributed by atoms with van der Waals surface area (Å²) in [5, 5.41) is 2.88. The topological polar surface area (TPSA) is 102 Å². The van der Waals surface area contributed by atoms with E-state index in [9.17, 15) is 18.0 Å². The minimum absolute atomic E-state index is 0.0795. The Labute approximate surface area is 193 Å². The van der Waals surface area contributed by atoms with Crippen molar-refractivity contribution < 1.29 is 22.7 Å². The molecule has 8 heteroatoms. The molecular formula is C25H26N2O5S. The number of ketones is 1. The number of hydrogen-bond donors (Lipinski definition) is 2. The lowest BCUT2D eigenvalue weighted by molar-refractivity contribution is 0.0953. The van der Waals surface area contributed by atoms with Crippen molar-refractivity contribution in [3.8, 4) is 5.75 Å². The molecule has 0 saturated carbocycles. The van der Waals surface area contributed by atoms with Crippen molar-refractivity contribution in [3.63, 3.8) is 0 Å². The van der Waals surface area contributed by atoms with Gasteiger partial charge in [0.25, 0.3) is 5.91 Å². The third kappa shape index (κ3) is 6.74. The number of nitrogens with one attached hydrogen (secondary N) is 2. The van der Waals surface area contributed by atoms with Crippen LogP contribution in [0.3, 0.4) is 0 Å². The molecule has 3 aromatic rings. The van der Waals surface area contributed by atoms with Gasteiger partial charge in [0.15, 0.2) is 5.78 Å². The van der Waals surface area contributed by atoms with Gasteiger partial charge in [0, 0.05) is 24.2 Å². The highest BCUT2D eigenvalue weighted by Crippen LogP contribution is 2.13. The predicted octanol–water partition coefficient (Wildman–Crippen LogP) is 3.35. The van der Waals surface area contributed by atoms with E-state index < -0.39 is 10.0 Å². The van der Waals surface area contributed by atoms with E-state index in [1.165, 1.54) is 31.2 Å². The van der Waals surface area contributed by atoms with Crippen LogP contribution in [0.25, 0.3) is 0 Å². The molecule has 0 unspecified atom stereocenters. The number of amides is 1. The Bertz CT molecular complexity index is 1200. The van der Waals surface area contributed by atoms with Crippen molar-refractivity contribution in [2.24, 2.45) is 0 Å². The molecule has 0 radical (unpaired) electrons. The Kier molecular flexibility index (Phi) is 7.97. The molecule has 0 aliphatic rings. The zero-order valence-corrected chi connectivity index (χ0v) is 19.3. The van der Waals surface area contributed by atoms with E-state index in [2.05, 4.69) is 10.0 Å². The van der Waals surface area contributed by atoms with Crippen molar-refractivity contribution in [3.05, 3.63) is 95.1 Å². The highest BCUT2D eigenvalue weighted by Gasteiger charge is 2.14. The summed E-state index contributed by atoms with van der Waals surface area (Å²) in [6.07, 6.45) is 0.697. The molecule has 0 spiro atoms. The quantitative estimate of drug-likeness (QED) is 0.446. The lowest BCUT2D eigenvalue weighted by atomic mass is 10.1. The van der Waals surface area contributed by atoms with Crippen LogP contribution < -0.4 is 14.8 Å². The molecule has 0 bridgehead atoms. The first kappa shape index (κ1) is 24.2. The third-order valence-electron chi connectivity index (χ3n) is 5.11. The third-order valence-corrected chi connectivity index (χ3v) is 6.53. The molecular weight excluding hydrogens is 440 g/mol. The first-order valence-corrected chi connectivity index (χ1v) is 11.9. The first-order valence-electron chi connectivity index (χ1n) is 10.4. The number of benzene rings is 3. The van der Waals surface area contributed by atoms with E-state index in [-0.39, 0.29) is 23.1 Å². The summed E-state index contributed by atoms with van der Waals surface area (Å²) in [7, 11) is -2.10. The lowest BCUT2D eigenvalue weighted by Crippen LogP contribution is -2.26. The Morgan fingerprint density at radius 2 is 1.39 bits per heavy atom. The van der Waals surface area contributed by atoms with Gasteiger partial charge in [-0.3, -0.25) is 9.59 Å². The number of sulfonamides is 1. The van der Waals surface area contributed by atoms with Gasteiger partial charge >= 0.3 is 0 Å². The summed E-state index contributed by atoms with van der Waals surface area (Å²) in [4.78, 5) is 23.8. The molecule has 0 fully saturated rings. The fourth-order valence-corrected chi connectivity index (χ4v) is 4.14. The van der Waals surface area contributed by atoms with Gasteiger partial charge in [0.2, 0.25) is 10.0 Å². The number of rotatable bonds is 10. The summed E-state index contributed by atoms with van der Waals surface area (Å²) in [5.74, 6) is 0.467. The van der Waals surface area contributed by atoms with Crippen LogP contribution in [0.1, 0.15) is 38.8 Å². The van der Waals surface area contributed by atoms with Crippen LogP contribution in [0.5, 0.6) is 5.75 Å². The van der Waals surface area contributed by atoms with E-state index in [0.29, 0.717) is 29.7 Å². The summed E-state index contributed by atoms with van der Waals surface area (Å²) < 4.78 is 32.6. The molecule has 7 nitrogen and oxygen atoms in total. The van der Waals surface area contributed by atoms with Crippen molar-refractivity contribution in [2.75, 3.05) is 13.7 Å². The number of Topliss-reactive ketones (excluding diaryl/α,β-unsaturated/α-hetero) is 1. The normalized spacial score (nSPS) is 11.1. The molecule has 172 valence electrons. The van der Waals surface area contributed by atoms with Gasteiger partial charge in [-0.1, -0.05) is 36.4 Å². The summed E-state index contributed by atoms with van der Waals surface area (Å²) >= 11 is 0. The largest absolute Gasteiger partial charge is 0.497 e. The lowest BCUT2D eigenvalue weighted by Gasteiger charge is -2.09. The Balaban J connectivity index is 1.50. The van der Waals surface area contributed by atoms with E-state index in [4.69, 9.17) is 4.74 Å². The summed E-state index contributed by atoms with van der Waals surface area (Å²) in [5.41, 5.74) is 2.76.